The fourth-order valence-electron chi connectivity index (χ4n) is 1.75. The maximum atomic E-state index is 11.3. The van der Waals surface area contributed by atoms with E-state index in [1.807, 2.05) is 0 Å². The van der Waals surface area contributed by atoms with E-state index in [1.54, 1.807) is 41.5 Å². The molecule has 2 aromatic heterocycles. The molecule has 0 saturated heterocycles. The Labute approximate surface area is 99.5 Å². The highest BCUT2D eigenvalue weighted by atomic mass is 16.5. The van der Waals surface area contributed by atoms with Crippen molar-refractivity contribution in [1.29, 1.82) is 0 Å². The van der Waals surface area contributed by atoms with Gasteiger partial charge in [0.2, 0.25) is 0 Å². The predicted molar refractivity (Wildman–Crippen MR) is 63.1 cm³/mol. The standard InChI is InChI=1S/C11H8N4O3/c16-10-11(17)15(18)9-5-7(1-2-8(9)13-10)14-4-3-12-6-14/h1-6,18H,(H,13,16). The van der Waals surface area contributed by atoms with Gasteiger partial charge in [0.15, 0.2) is 0 Å². The van der Waals surface area contributed by atoms with Crippen LogP contribution in [-0.2, 0) is 0 Å². The summed E-state index contributed by atoms with van der Waals surface area (Å²) in [5.74, 6) is 0. The van der Waals surface area contributed by atoms with Crippen LogP contribution in [0.15, 0.2) is 46.5 Å². The molecule has 0 amide bonds. The van der Waals surface area contributed by atoms with Crippen molar-refractivity contribution in [3.05, 3.63) is 57.6 Å². The zero-order chi connectivity index (χ0) is 12.7. The molecule has 2 heterocycles. The average Bonchev–Trinajstić information content (AvgIpc) is 2.90. The van der Waals surface area contributed by atoms with Crippen molar-refractivity contribution in [2.75, 3.05) is 0 Å². The van der Waals surface area contributed by atoms with Gasteiger partial charge in [-0.25, -0.2) is 4.98 Å². The quantitative estimate of drug-likeness (QED) is 0.469. The van der Waals surface area contributed by atoms with Crippen LogP contribution in [0.3, 0.4) is 0 Å². The van der Waals surface area contributed by atoms with Crippen LogP contribution in [-0.4, -0.2) is 24.5 Å². The van der Waals surface area contributed by atoms with Crippen molar-refractivity contribution in [1.82, 2.24) is 19.3 Å². The van der Waals surface area contributed by atoms with E-state index in [0.717, 1.165) is 0 Å². The molecule has 2 N–H and O–H groups in total. The first-order valence-corrected chi connectivity index (χ1v) is 5.13. The molecule has 0 unspecified atom stereocenters. The van der Waals surface area contributed by atoms with E-state index in [4.69, 9.17) is 0 Å². The molecule has 0 radical (unpaired) electrons. The molecule has 0 fully saturated rings. The monoisotopic (exact) mass is 244 g/mol. The lowest BCUT2D eigenvalue weighted by Gasteiger charge is -2.06. The number of aromatic nitrogens is 4. The summed E-state index contributed by atoms with van der Waals surface area (Å²) in [6, 6.07) is 4.93. The van der Waals surface area contributed by atoms with Gasteiger partial charge in [-0.15, -0.1) is 4.73 Å². The minimum Gasteiger partial charge on any atom is -0.425 e. The summed E-state index contributed by atoms with van der Waals surface area (Å²) in [4.78, 5) is 28.8. The number of H-pyrrole nitrogens is 1. The van der Waals surface area contributed by atoms with Crippen LogP contribution >= 0.6 is 0 Å². The maximum Gasteiger partial charge on any atom is 0.348 e. The third kappa shape index (κ3) is 1.41. The summed E-state index contributed by atoms with van der Waals surface area (Å²) >= 11 is 0. The summed E-state index contributed by atoms with van der Waals surface area (Å²) in [7, 11) is 0. The van der Waals surface area contributed by atoms with E-state index < -0.39 is 11.1 Å². The maximum absolute atomic E-state index is 11.3. The van der Waals surface area contributed by atoms with Crippen LogP contribution < -0.4 is 11.1 Å². The van der Waals surface area contributed by atoms with Crippen molar-refractivity contribution in [3.8, 4) is 5.69 Å². The predicted octanol–water partition coefficient (Wildman–Crippen LogP) is 0.113. The molecule has 0 aliphatic rings. The molecule has 0 aliphatic carbocycles. The minimum atomic E-state index is -1.01. The molecule has 7 nitrogen and oxygen atoms in total. The Hall–Kier alpha value is -2.83. The van der Waals surface area contributed by atoms with E-state index in [9.17, 15) is 14.8 Å². The van der Waals surface area contributed by atoms with Crippen molar-refractivity contribution in [2.24, 2.45) is 0 Å². The van der Waals surface area contributed by atoms with Gasteiger partial charge in [0, 0.05) is 18.1 Å². The summed E-state index contributed by atoms with van der Waals surface area (Å²) < 4.78 is 2.06. The number of imidazole rings is 1. The molecule has 0 bridgehead atoms. The van der Waals surface area contributed by atoms with Gasteiger partial charge in [0.05, 0.1) is 11.8 Å². The summed E-state index contributed by atoms with van der Waals surface area (Å²) in [5, 5.41) is 9.62. The Bertz CT molecular complexity index is 830. The number of rotatable bonds is 1. The van der Waals surface area contributed by atoms with Crippen LogP contribution in [0.5, 0.6) is 0 Å². The average molecular weight is 244 g/mol. The number of hydrogen-bond acceptors (Lipinski definition) is 4. The molecule has 0 saturated carbocycles. The molecular formula is C11H8N4O3. The van der Waals surface area contributed by atoms with E-state index in [1.165, 1.54) is 0 Å². The summed E-state index contributed by atoms with van der Waals surface area (Å²) in [6.45, 7) is 0. The van der Waals surface area contributed by atoms with Crippen LogP contribution in [0.1, 0.15) is 0 Å². The number of hydrogen-bond donors (Lipinski definition) is 2. The highest BCUT2D eigenvalue weighted by molar-refractivity contribution is 5.76. The Morgan fingerprint density at radius 1 is 1.28 bits per heavy atom. The van der Waals surface area contributed by atoms with E-state index in [-0.39, 0.29) is 5.52 Å². The molecule has 90 valence electrons. The van der Waals surface area contributed by atoms with Gasteiger partial charge in [-0.1, -0.05) is 0 Å². The molecule has 1 aromatic carbocycles. The highest BCUT2D eigenvalue weighted by Crippen LogP contribution is 2.14. The van der Waals surface area contributed by atoms with Gasteiger partial charge >= 0.3 is 11.1 Å². The third-order valence-corrected chi connectivity index (χ3v) is 2.65. The Morgan fingerprint density at radius 2 is 2.11 bits per heavy atom. The number of nitrogens with one attached hydrogen (secondary N) is 1. The first kappa shape index (κ1) is 10.3. The lowest BCUT2D eigenvalue weighted by atomic mass is 10.2. The smallest absolute Gasteiger partial charge is 0.348 e. The second-order valence-electron chi connectivity index (χ2n) is 3.74. The van der Waals surface area contributed by atoms with E-state index in [2.05, 4.69) is 9.97 Å². The fraction of sp³-hybridized carbons (Fsp3) is 0. The van der Waals surface area contributed by atoms with Crippen LogP contribution in [0.25, 0.3) is 16.7 Å². The first-order valence-electron chi connectivity index (χ1n) is 5.13. The summed E-state index contributed by atoms with van der Waals surface area (Å²) in [6.07, 6.45) is 4.93. The Balaban J connectivity index is 2.37. The van der Waals surface area contributed by atoms with Gasteiger partial charge in [-0.3, -0.25) is 9.59 Å². The highest BCUT2D eigenvalue weighted by Gasteiger charge is 2.07. The first-order chi connectivity index (χ1) is 8.66. The second kappa shape index (κ2) is 3.59. The van der Waals surface area contributed by atoms with Gasteiger partial charge in [0.25, 0.3) is 0 Å². The lowest BCUT2D eigenvalue weighted by Crippen LogP contribution is -2.35. The van der Waals surface area contributed by atoms with Gasteiger partial charge in [-0.2, -0.15) is 0 Å². The Morgan fingerprint density at radius 3 is 2.83 bits per heavy atom. The fourth-order valence-corrected chi connectivity index (χ4v) is 1.75. The number of nitrogens with zero attached hydrogens (tertiary/aromatic N) is 3. The van der Waals surface area contributed by atoms with Crippen molar-refractivity contribution in [3.63, 3.8) is 0 Å². The molecular weight excluding hydrogens is 236 g/mol. The topological polar surface area (TPSA) is 92.9 Å². The van der Waals surface area contributed by atoms with Crippen LogP contribution in [0, 0.1) is 0 Å². The molecule has 18 heavy (non-hydrogen) atoms. The molecule has 0 aliphatic heterocycles. The molecule has 3 aromatic rings. The normalized spacial score (nSPS) is 10.9. The third-order valence-electron chi connectivity index (χ3n) is 2.65. The van der Waals surface area contributed by atoms with Crippen molar-refractivity contribution in [2.45, 2.75) is 0 Å². The van der Waals surface area contributed by atoms with Gasteiger partial charge in [-0.05, 0) is 18.2 Å². The van der Waals surface area contributed by atoms with Crippen LogP contribution in [0.4, 0.5) is 0 Å². The number of fused-ring (bicyclic) bond motifs is 1. The summed E-state index contributed by atoms with van der Waals surface area (Å²) in [5.41, 5.74) is -0.545. The number of benzene rings is 1. The molecule has 0 atom stereocenters. The van der Waals surface area contributed by atoms with Crippen LogP contribution in [0.2, 0.25) is 0 Å². The molecule has 0 spiro atoms. The second-order valence-corrected chi connectivity index (χ2v) is 3.74. The Kier molecular flexibility index (Phi) is 2.06. The minimum absolute atomic E-state index is 0.228. The van der Waals surface area contributed by atoms with E-state index in [0.29, 0.717) is 15.9 Å². The van der Waals surface area contributed by atoms with Crippen molar-refractivity contribution >= 4 is 11.0 Å². The van der Waals surface area contributed by atoms with E-state index >= 15 is 0 Å². The van der Waals surface area contributed by atoms with Gasteiger partial charge in [0.1, 0.15) is 5.52 Å². The zero-order valence-electron chi connectivity index (χ0n) is 9.07. The molecule has 3 rings (SSSR count). The van der Waals surface area contributed by atoms with Gasteiger partial charge < -0.3 is 14.8 Å². The number of aromatic amines is 1. The van der Waals surface area contributed by atoms with Crippen molar-refractivity contribution < 1.29 is 5.21 Å². The lowest BCUT2D eigenvalue weighted by molar-refractivity contribution is 0.186. The zero-order valence-corrected chi connectivity index (χ0v) is 9.07. The SMILES string of the molecule is O=c1[nH]c2ccc(-n3ccnc3)cc2n(O)c1=O. The molecule has 7 heteroatoms. The largest absolute Gasteiger partial charge is 0.425 e.